The zero-order chi connectivity index (χ0) is 17.2. The van der Waals surface area contributed by atoms with Gasteiger partial charge in [0.15, 0.2) is 11.5 Å². The maximum absolute atomic E-state index is 5.48. The molecule has 0 N–H and O–H groups in total. The highest BCUT2D eigenvalue weighted by Gasteiger charge is 1.96. The summed E-state index contributed by atoms with van der Waals surface area (Å²) < 4.78 is 16.1. The summed E-state index contributed by atoms with van der Waals surface area (Å²) in [5, 5.41) is 0. The van der Waals surface area contributed by atoms with Gasteiger partial charge in [-0.25, -0.2) is 0 Å². The van der Waals surface area contributed by atoms with E-state index < -0.39 is 0 Å². The monoisotopic (exact) mass is 328 g/mol. The maximum atomic E-state index is 5.48. The summed E-state index contributed by atoms with van der Waals surface area (Å²) in [7, 11) is 0. The Morgan fingerprint density at radius 2 is 1.04 bits per heavy atom. The van der Waals surface area contributed by atoms with Crippen LogP contribution in [0.3, 0.4) is 0 Å². The summed E-state index contributed by atoms with van der Waals surface area (Å²) in [5.74, 6) is 6.61. The SMILES string of the molecule is C(#Cc1ccc(C#COCc2ccccc2)o1)OCc1ccccc1. The molecule has 0 spiro atoms. The molecule has 2 aromatic carbocycles. The Kier molecular flexibility index (Phi) is 5.81. The van der Waals surface area contributed by atoms with Crippen LogP contribution in [0.15, 0.2) is 77.2 Å². The van der Waals surface area contributed by atoms with Crippen LogP contribution in [0.5, 0.6) is 0 Å². The summed E-state index contributed by atoms with van der Waals surface area (Å²) in [4.78, 5) is 0. The summed E-state index contributed by atoms with van der Waals surface area (Å²) in [5.41, 5.74) is 2.14. The van der Waals surface area contributed by atoms with Gasteiger partial charge in [0.25, 0.3) is 0 Å². The van der Waals surface area contributed by atoms with Crippen LogP contribution in [0.2, 0.25) is 0 Å². The van der Waals surface area contributed by atoms with Gasteiger partial charge < -0.3 is 13.9 Å². The molecular weight excluding hydrogens is 312 g/mol. The maximum Gasteiger partial charge on any atom is 0.181 e. The second kappa shape index (κ2) is 8.91. The fourth-order valence-corrected chi connectivity index (χ4v) is 2.03. The van der Waals surface area contributed by atoms with Crippen molar-refractivity contribution in [3.05, 3.63) is 95.4 Å². The zero-order valence-electron chi connectivity index (χ0n) is 13.6. The van der Waals surface area contributed by atoms with Crippen molar-refractivity contribution in [3.8, 4) is 24.1 Å². The Hall–Kier alpha value is -3.56. The minimum Gasteiger partial charge on any atom is -0.441 e. The van der Waals surface area contributed by atoms with Gasteiger partial charge in [0, 0.05) is 11.8 Å². The van der Waals surface area contributed by atoms with Crippen LogP contribution >= 0.6 is 0 Å². The van der Waals surface area contributed by atoms with Gasteiger partial charge in [0.1, 0.15) is 25.4 Å². The van der Waals surface area contributed by atoms with Crippen molar-refractivity contribution >= 4 is 0 Å². The van der Waals surface area contributed by atoms with Crippen molar-refractivity contribution in [3.63, 3.8) is 0 Å². The standard InChI is InChI=1S/C22H16O3/c1-3-7-19(8-4-1)17-23-15-13-21-11-12-22(25-21)14-16-24-18-20-9-5-2-6-10-20/h1-12H,17-18H2. The fourth-order valence-electron chi connectivity index (χ4n) is 2.03. The van der Waals surface area contributed by atoms with Crippen LogP contribution < -0.4 is 0 Å². The average Bonchev–Trinajstić information content (AvgIpc) is 3.12. The molecule has 3 heteroatoms. The molecule has 3 rings (SSSR count). The highest BCUT2D eigenvalue weighted by atomic mass is 16.5. The van der Waals surface area contributed by atoms with E-state index in [4.69, 9.17) is 13.9 Å². The van der Waals surface area contributed by atoms with Crippen molar-refractivity contribution < 1.29 is 13.9 Å². The summed E-state index contributed by atoms with van der Waals surface area (Å²) in [6, 6.07) is 23.2. The van der Waals surface area contributed by atoms with E-state index in [2.05, 4.69) is 24.1 Å². The predicted octanol–water partition coefficient (Wildman–Crippen LogP) is 4.33. The topological polar surface area (TPSA) is 31.6 Å². The first-order chi connectivity index (χ1) is 12.4. The molecule has 1 aromatic heterocycles. The largest absolute Gasteiger partial charge is 0.441 e. The van der Waals surface area contributed by atoms with Crippen molar-refractivity contribution in [2.24, 2.45) is 0 Å². The van der Waals surface area contributed by atoms with E-state index in [-0.39, 0.29) is 0 Å². The second-order valence-electron chi connectivity index (χ2n) is 5.17. The quantitative estimate of drug-likeness (QED) is 0.668. The van der Waals surface area contributed by atoms with Gasteiger partial charge >= 0.3 is 0 Å². The molecule has 0 saturated heterocycles. The first-order valence-corrected chi connectivity index (χ1v) is 7.83. The molecule has 0 bridgehead atoms. The van der Waals surface area contributed by atoms with Crippen LogP contribution in [-0.4, -0.2) is 0 Å². The molecule has 0 atom stereocenters. The molecule has 1 heterocycles. The van der Waals surface area contributed by atoms with E-state index in [1.54, 1.807) is 12.1 Å². The van der Waals surface area contributed by atoms with Crippen LogP contribution in [0.1, 0.15) is 22.6 Å². The Morgan fingerprint density at radius 3 is 1.48 bits per heavy atom. The molecule has 0 unspecified atom stereocenters. The van der Waals surface area contributed by atoms with E-state index in [0.717, 1.165) is 11.1 Å². The normalized spacial score (nSPS) is 9.28. The number of hydrogen-bond donors (Lipinski definition) is 0. The lowest BCUT2D eigenvalue weighted by Crippen LogP contribution is -1.85. The molecule has 0 aliphatic rings. The van der Waals surface area contributed by atoms with Crippen molar-refractivity contribution in [2.45, 2.75) is 13.2 Å². The molecule has 0 radical (unpaired) electrons. The molecule has 3 nitrogen and oxygen atoms in total. The molecule has 25 heavy (non-hydrogen) atoms. The second-order valence-corrected chi connectivity index (χ2v) is 5.17. The van der Waals surface area contributed by atoms with E-state index in [0.29, 0.717) is 24.7 Å². The summed E-state index contributed by atoms with van der Waals surface area (Å²) in [6.45, 7) is 0.878. The first-order valence-electron chi connectivity index (χ1n) is 7.83. The zero-order valence-corrected chi connectivity index (χ0v) is 13.6. The Bertz CT molecular complexity index is 828. The van der Waals surface area contributed by atoms with Crippen LogP contribution in [0.25, 0.3) is 0 Å². The number of furan rings is 1. The third kappa shape index (κ3) is 5.53. The van der Waals surface area contributed by atoms with Gasteiger partial charge in [-0.1, -0.05) is 60.7 Å². The minimum atomic E-state index is 0.439. The van der Waals surface area contributed by atoms with E-state index in [9.17, 15) is 0 Å². The van der Waals surface area contributed by atoms with Gasteiger partial charge in [0.05, 0.1) is 0 Å². The Morgan fingerprint density at radius 1 is 0.600 bits per heavy atom. The van der Waals surface area contributed by atoms with E-state index in [1.165, 1.54) is 0 Å². The van der Waals surface area contributed by atoms with E-state index in [1.807, 2.05) is 60.7 Å². The Labute approximate surface area is 147 Å². The molecule has 3 aromatic rings. The van der Waals surface area contributed by atoms with Gasteiger partial charge in [-0.3, -0.25) is 0 Å². The number of hydrogen-bond acceptors (Lipinski definition) is 3. The average molecular weight is 328 g/mol. The molecule has 0 amide bonds. The minimum absolute atomic E-state index is 0.439. The smallest absolute Gasteiger partial charge is 0.181 e. The van der Waals surface area contributed by atoms with Gasteiger partial charge in [-0.15, -0.1) is 0 Å². The van der Waals surface area contributed by atoms with Crippen molar-refractivity contribution in [1.29, 1.82) is 0 Å². The molecule has 0 aliphatic carbocycles. The van der Waals surface area contributed by atoms with Gasteiger partial charge in [-0.2, -0.15) is 0 Å². The third-order valence-electron chi connectivity index (χ3n) is 3.26. The molecule has 0 aliphatic heterocycles. The highest BCUT2D eigenvalue weighted by Crippen LogP contribution is 2.06. The van der Waals surface area contributed by atoms with E-state index >= 15 is 0 Å². The molecule has 0 saturated carbocycles. The lowest BCUT2D eigenvalue weighted by Gasteiger charge is -1.96. The molecular formula is C22H16O3. The predicted molar refractivity (Wildman–Crippen MR) is 94.9 cm³/mol. The first kappa shape index (κ1) is 16.3. The summed E-state index contributed by atoms with van der Waals surface area (Å²) >= 11 is 0. The molecule has 122 valence electrons. The highest BCUT2D eigenvalue weighted by molar-refractivity contribution is 5.31. The van der Waals surface area contributed by atoms with Crippen LogP contribution in [0.4, 0.5) is 0 Å². The number of rotatable bonds is 4. The lowest BCUT2D eigenvalue weighted by molar-refractivity contribution is 0.264. The van der Waals surface area contributed by atoms with Gasteiger partial charge in [0.2, 0.25) is 0 Å². The van der Waals surface area contributed by atoms with Gasteiger partial charge in [-0.05, 0) is 23.3 Å². The van der Waals surface area contributed by atoms with Crippen molar-refractivity contribution in [2.75, 3.05) is 0 Å². The number of ether oxygens (including phenoxy) is 2. The van der Waals surface area contributed by atoms with Crippen molar-refractivity contribution in [1.82, 2.24) is 0 Å². The van der Waals surface area contributed by atoms with Crippen LogP contribution in [0, 0.1) is 24.1 Å². The lowest BCUT2D eigenvalue weighted by atomic mass is 10.2. The fraction of sp³-hybridized carbons (Fsp3) is 0.0909. The Balaban J connectivity index is 1.46. The van der Waals surface area contributed by atoms with Crippen LogP contribution in [-0.2, 0) is 22.7 Å². The third-order valence-corrected chi connectivity index (χ3v) is 3.26. The molecule has 0 fully saturated rings. The summed E-state index contributed by atoms with van der Waals surface area (Å²) in [6.07, 6.45) is 5.26. The number of benzene rings is 2.